The summed E-state index contributed by atoms with van der Waals surface area (Å²) in [6.07, 6.45) is 1.80. The Kier molecular flexibility index (Phi) is 1.82. The van der Waals surface area contributed by atoms with Crippen LogP contribution >= 0.6 is 0 Å². The summed E-state index contributed by atoms with van der Waals surface area (Å²) in [6.45, 7) is 2.02. The van der Waals surface area contributed by atoms with Crippen LogP contribution in [0.1, 0.15) is 11.7 Å². The highest BCUT2D eigenvalue weighted by Gasteiger charge is 2.25. The monoisotopic (exact) mass is 168 g/mol. The standard InChI is InChI=1S/C7H12N4O/c1-10-3-7(4-10)11-2-6(5-12)8-9-11/h2,7,12H,3-5H2,1H3. The number of aromatic nitrogens is 3. The molecule has 1 N–H and O–H groups in total. The van der Waals surface area contributed by atoms with E-state index in [2.05, 4.69) is 22.3 Å². The Balaban J connectivity index is 2.04. The van der Waals surface area contributed by atoms with Crippen LogP contribution in [0.3, 0.4) is 0 Å². The Labute approximate surface area is 70.6 Å². The zero-order valence-corrected chi connectivity index (χ0v) is 7.01. The summed E-state index contributed by atoms with van der Waals surface area (Å²) < 4.78 is 1.82. The molecular weight excluding hydrogens is 156 g/mol. The maximum absolute atomic E-state index is 8.75. The Morgan fingerprint density at radius 2 is 2.42 bits per heavy atom. The Morgan fingerprint density at radius 1 is 1.67 bits per heavy atom. The molecule has 66 valence electrons. The zero-order chi connectivity index (χ0) is 8.55. The fourth-order valence-electron chi connectivity index (χ4n) is 1.40. The van der Waals surface area contributed by atoms with Crippen molar-refractivity contribution in [1.29, 1.82) is 0 Å². The molecule has 0 radical (unpaired) electrons. The van der Waals surface area contributed by atoms with Crippen molar-refractivity contribution in [3.05, 3.63) is 11.9 Å². The van der Waals surface area contributed by atoms with Crippen LogP contribution in [0.15, 0.2) is 6.20 Å². The summed E-state index contributed by atoms with van der Waals surface area (Å²) >= 11 is 0. The third-order valence-electron chi connectivity index (χ3n) is 2.14. The maximum Gasteiger partial charge on any atom is 0.108 e. The number of nitrogens with zero attached hydrogens (tertiary/aromatic N) is 4. The predicted octanol–water partition coefficient (Wildman–Crippen LogP) is -0.743. The van der Waals surface area contributed by atoms with Gasteiger partial charge in [-0.05, 0) is 7.05 Å². The minimum atomic E-state index is -0.0252. The quantitative estimate of drug-likeness (QED) is 0.631. The van der Waals surface area contributed by atoms with E-state index in [1.807, 2.05) is 4.68 Å². The number of likely N-dealkylation sites (N-methyl/N-ethyl adjacent to an activating group) is 1. The lowest BCUT2D eigenvalue weighted by atomic mass is 10.1. The van der Waals surface area contributed by atoms with E-state index >= 15 is 0 Å². The first-order valence-electron chi connectivity index (χ1n) is 3.99. The second-order valence-corrected chi connectivity index (χ2v) is 3.22. The van der Waals surface area contributed by atoms with Gasteiger partial charge in [0.05, 0.1) is 18.8 Å². The highest BCUT2D eigenvalue weighted by Crippen LogP contribution is 2.17. The molecule has 0 saturated carbocycles. The molecule has 12 heavy (non-hydrogen) atoms. The van der Waals surface area contributed by atoms with E-state index in [4.69, 9.17) is 5.11 Å². The molecule has 0 amide bonds. The molecule has 2 heterocycles. The first-order chi connectivity index (χ1) is 5.79. The lowest BCUT2D eigenvalue weighted by Crippen LogP contribution is -2.45. The first kappa shape index (κ1) is 7.70. The SMILES string of the molecule is CN1CC(n2cc(CO)nn2)C1. The summed E-state index contributed by atoms with van der Waals surface area (Å²) in [5.74, 6) is 0. The molecule has 0 spiro atoms. The van der Waals surface area contributed by atoms with E-state index in [1.54, 1.807) is 6.20 Å². The van der Waals surface area contributed by atoms with Crippen LogP contribution in [0.2, 0.25) is 0 Å². The number of aliphatic hydroxyl groups excluding tert-OH is 1. The van der Waals surface area contributed by atoms with Crippen LogP contribution in [0.25, 0.3) is 0 Å². The van der Waals surface area contributed by atoms with Crippen LogP contribution in [0.4, 0.5) is 0 Å². The third-order valence-corrected chi connectivity index (χ3v) is 2.14. The van der Waals surface area contributed by atoms with Gasteiger partial charge in [0.15, 0.2) is 0 Å². The van der Waals surface area contributed by atoms with E-state index in [0.717, 1.165) is 13.1 Å². The molecular formula is C7H12N4O. The van der Waals surface area contributed by atoms with Gasteiger partial charge in [-0.3, -0.25) is 0 Å². The summed E-state index contributed by atoms with van der Waals surface area (Å²) in [6, 6.07) is 0.447. The fourth-order valence-corrected chi connectivity index (χ4v) is 1.40. The fraction of sp³-hybridized carbons (Fsp3) is 0.714. The first-order valence-corrected chi connectivity index (χ1v) is 3.99. The van der Waals surface area contributed by atoms with Gasteiger partial charge < -0.3 is 10.0 Å². The largest absolute Gasteiger partial charge is 0.390 e. The van der Waals surface area contributed by atoms with Crippen molar-refractivity contribution in [3.63, 3.8) is 0 Å². The minimum absolute atomic E-state index is 0.0252. The van der Waals surface area contributed by atoms with Gasteiger partial charge in [0, 0.05) is 13.1 Å². The van der Waals surface area contributed by atoms with Gasteiger partial charge in [0.2, 0.25) is 0 Å². The Bertz CT molecular complexity index is 266. The van der Waals surface area contributed by atoms with Gasteiger partial charge in [0.1, 0.15) is 5.69 Å². The average molecular weight is 168 g/mol. The smallest absolute Gasteiger partial charge is 0.108 e. The van der Waals surface area contributed by atoms with E-state index in [9.17, 15) is 0 Å². The van der Waals surface area contributed by atoms with Crippen molar-refractivity contribution >= 4 is 0 Å². The molecule has 2 rings (SSSR count). The highest BCUT2D eigenvalue weighted by molar-refractivity contribution is 4.93. The number of hydrogen-bond acceptors (Lipinski definition) is 4. The predicted molar refractivity (Wildman–Crippen MR) is 42.5 cm³/mol. The lowest BCUT2D eigenvalue weighted by Gasteiger charge is -2.35. The molecule has 1 saturated heterocycles. The molecule has 1 aliphatic heterocycles. The number of aliphatic hydroxyl groups is 1. The maximum atomic E-state index is 8.75. The van der Waals surface area contributed by atoms with Crippen molar-refractivity contribution in [2.75, 3.05) is 20.1 Å². The van der Waals surface area contributed by atoms with Gasteiger partial charge in [0.25, 0.3) is 0 Å². The van der Waals surface area contributed by atoms with E-state index in [0.29, 0.717) is 11.7 Å². The van der Waals surface area contributed by atoms with E-state index in [1.165, 1.54) is 0 Å². The van der Waals surface area contributed by atoms with Gasteiger partial charge in [-0.1, -0.05) is 5.21 Å². The van der Waals surface area contributed by atoms with Crippen molar-refractivity contribution in [2.45, 2.75) is 12.6 Å². The number of likely N-dealkylation sites (tertiary alicyclic amines) is 1. The van der Waals surface area contributed by atoms with Crippen LogP contribution in [0, 0.1) is 0 Å². The molecule has 0 aromatic carbocycles. The third kappa shape index (κ3) is 1.21. The Hall–Kier alpha value is -0.940. The molecule has 1 aliphatic rings. The van der Waals surface area contributed by atoms with Crippen molar-refractivity contribution in [3.8, 4) is 0 Å². The highest BCUT2D eigenvalue weighted by atomic mass is 16.3. The second-order valence-electron chi connectivity index (χ2n) is 3.22. The normalized spacial score (nSPS) is 19.5. The number of rotatable bonds is 2. The zero-order valence-electron chi connectivity index (χ0n) is 7.01. The van der Waals surface area contributed by atoms with E-state index < -0.39 is 0 Å². The van der Waals surface area contributed by atoms with Crippen LogP contribution in [0.5, 0.6) is 0 Å². The molecule has 0 atom stereocenters. The molecule has 5 heteroatoms. The minimum Gasteiger partial charge on any atom is -0.390 e. The summed E-state index contributed by atoms with van der Waals surface area (Å²) in [7, 11) is 2.07. The average Bonchev–Trinajstić information content (AvgIpc) is 2.46. The van der Waals surface area contributed by atoms with Crippen molar-refractivity contribution in [2.24, 2.45) is 0 Å². The van der Waals surface area contributed by atoms with Gasteiger partial charge in [-0.25, -0.2) is 4.68 Å². The summed E-state index contributed by atoms with van der Waals surface area (Å²) in [5, 5.41) is 16.5. The van der Waals surface area contributed by atoms with Gasteiger partial charge in [-0.15, -0.1) is 5.10 Å². The topological polar surface area (TPSA) is 54.2 Å². The van der Waals surface area contributed by atoms with Crippen LogP contribution < -0.4 is 0 Å². The van der Waals surface area contributed by atoms with Crippen LogP contribution in [-0.4, -0.2) is 45.1 Å². The summed E-state index contributed by atoms with van der Waals surface area (Å²) in [5.41, 5.74) is 0.643. The van der Waals surface area contributed by atoms with Crippen LogP contribution in [-0.2, 0) is 6.61 Å². The Morgan fingerprint density at radius 3 is 2.92 bits per heavy atom. The number of hydrogen-bond donors (Lipinski definition) is 1. The molecule has 1 fully saturated rings. The molecule has 0 aliphatic carbocycles. The second kappa shape index (κ2) is 2.84. The van der Waals surface area contributed by atoms with Gasteiger partial charge in [-0.2, -0.15) is 0 Å². The summed E-state index contributed by atoms with van der Waals surface area (Å²) in [4.78, 5) is 2.21. The molecule has 0 unspecified atom stereocenters. The van der Waals surface area contributed by atoms with Gasteiger partial charge >= 0.3 is 0 Å². The molecule has 1 aromatic rings. The van der Waals surface area contributed by atoms with Crippen molar-refractivity contribution in [1.82, 2.24) is 19.9 Å². The molecule has 5 nitrogen and oxygen atoms in total. The molecule has 1 aromatic heterocycles. The van der Waals surface area contributed by atoms with Crippen molar-refractivity contribution < 1.29 is 5.11 Å². The van der Waals surface area contributed by atoms with E-state index in [-0.39, 0.29) is 6.61 Å². The lowest BCUT2D eigenvalue weighted by molar-refractivity contribution is 0.129. The molecule has 0 bridgehead atoms.